The van der Waals surface area contributed by atoms with Crippen molar-refractivity contribution in [1.29, 1.82) is 0 Å². The lowest BCUT2D eigenvalue weighted by molar-refractivity contribution is -0.151. The molecule has 2 aromatic rings. The van der Waals surface area contributed by atoms with Gasteiger partial charge >= 0.3 is 5.97 Å². The Morgan fingerprint density at radius 1 is 1.00 bits per heavy atom. The van der Waals surface area contributed by atoms with Gasteiger partial charge in [-0.05, 0) is 38.3 Å². The van der Waals surface area contributed by atoms with Gasteiger partial charge in [0.2, 0.25) is 0 Å². The zero-order chi connectivity index (χ0) is 18.1. The van der Waals surface area contributed by atoms with Crippen molar-refractivity contribution in [1.82, 2.24) is 0 Å². The Morgan fingerprint density at radius 2 is 1.56 bits per heavy atom. The van der Waals surface area contributed by atoms with E-state index in [9.17, 15) is 4.79 Å². The van der Waals surface area contributed by atoms with Crippen molar-refractivity contribution in [3.8, 4) is 0 Å². The Bertz CT molecular complexity index is 729. The molecule has 0 spiro atoms. The molecular weight excluding hydrogens is 308 g/mol. The number of rotatable bonds is 7. The summed E-state index contributed by atoms with van der Waals surface area (Å²) in [6.45, 7) is 6.18. The van der Waals surface area contributed by atoms with E-state index in [1.807, 2.05) is 87.5 Å². The molecule has 1 unspecified atom stereocenters. The number of ether oxygens (including phenoxy) is 1. The van der Waals surface area contributed by atoms with Gasteiger partial charge in [0.1, 0.15) is 0 Å². The van der Waals surface area contributed by atoms with E-state index in [-0.39, 0.29) is 5.97 Å². The van der Waals surface area contributed by atoms with Crippen LogP contribution in [-0.4, -0.2) is 12.6 Å². The third-order valence-corrected chi connectivity index (χ3v) is 4.42. The quantitative estimate of drug-likeness (QED) is 0.601. The first-order valence-corrected chi connectivity index (χ1v) is 8.69. The predicted molar refractivity (Wildman–Crippen MR) is 105 cm³/mol. The third kappa shape index (κ3) is 5.18. The molecule has 0 saturated heterocycles. The molecule has 0 aliphatic rings. The molecule has 0 aliphatic carbocycles. The van der Waals surface area contributed by atoms with Gasteiger partial charge in [0, 0.05) is 0 Å². The number of benzene rings is 2. The molecule has 25 heavy (non-hydrogen) atoms. The molecule has 0 saturated carbocycles. The van der Waals surface area contributed by atoms with Crippen LogP contribution in [0.3, 0.4) is 0 Å². The highest BCUT2D eigenvalue weighted by Crippen LogP contribution is 2.34. The van der Waals surface area contributed by atoms with Crippen molar-refractivity contribution >= 4 is 18.1 Å². The number of hydrogen-bond acceptors (Lipinski definition) is 2. The second kappa shape index (κ2) is 9.03. The standard InChI is InChI=1S/C23H26O2/c1-4-25-22(24)23(3,17-11-16-20-12-7-5-8-13-20)19(2)18-21-14-9-6-10-15-21/h5-16,18H,4,17H2,1-3H3/b16-11+,19-18-. The molecular formula is C23H26O2. The zero-order valence-corrected chi connectivity index (χ0v) is 15.2. The predicted octanol–water partition coefficient (Wildman–Crippen LogP) is 5.76. The van der Waals surface area contributed by atoms with Crippen LogP contribution in [0.2, 0.25) is 0 Å². The average Bonchev–Trinajstić information content (AvgIpc) is 2.63. The minimum Gasteiger partial charge on any atom is -0.465 e. The number of hydrogen-bond donors (Lipinski definition) is 0. The minimum absolute atomic E-state index is 0.183. The molecule has 2 aromatic carbocycles. The molecule has 0 heterocycles. The fourth-order valence-corrected chi connectivity index (χ4v) is 2.65. The average molecular weight is 334 g/mol. The largest absolute Gasteiger partial charge is 0.465 e. The Kier molecular flexibility index (Phi) is 6.76. The Morgan fingerprint density at radius 3 is 2.12 bits per heavy atom. The summed E-state index contributed by atoms with van der Waals surface area (Å²) in [5, 5.41) is 0. The SMILES string of the molecule is CCOC(=O)C(C)(C/C=C/c1ccccc1)/C(C)=C\c1ccccc1. The van der Waals surface area contributed by atoms with E-state index in [0.29, 0.717) is 13.0 Å². The van der Waals surface area contributed by atoms with Gasteiger partial charge in [-0.1, -0.05) is 84.5 Å². The van der Waals surface area contributed by atoms with E-state index in [1.54, 1.807) is 0 Å². The van der Waals surface area contributed by atoms with Crippen LogP contribution in [0.1, 0.15) is 38.3 Å². The maximum atomic E-state index is 12.6. The highest BCUT2D eigenvalue weighted by Gasteiger charge is 2.35. The normalized spacial score (nSPS) is 14.3. The first kappa shape index (κ1) is 18.7. The molecule has 130 valence electrons. The van der Waals surface area contributed by atoms with Gasteiger partial charge < -0.3 is 4.74 Å². The van der Waals surface area contributed by atoms with E-state index < -0.39 is 5.41 Å². The van der Waals surface area contributed by atoms with E-state index >= 15 is 0 Å². The molecule has 1 atom stereocenters. The Labute approximate surface area is 150 Å². The molecule has 0 aromatic heterocycles. The molecule has 0 N–H and O–H groups in total. The summed E-state index contributed by atoms with van der Waals surface area (Å²) < 4.78 is 5.35. The first-order valence-electron chi connectivity index (χ1n) is 8.69. The summed E-state index contributed by atoms with van der Waals surface area (Å²) in [7, 11) is 0. The van der Waals surface area contributed by atoms with Gasteiger partial charge in [0.25, 0.3) is 0 Å². The molecule has 2 heteroatoms. The fraction of sp³-hybridized carbons (Fsp3) is 0.261. The van der Waals surface area contributed by atoms with Crippen LogP contribution in [0.15, 0.2) is 72.3 Å². The summed E-state index contributed by atoms with van der Waals surface area (Å²) in [4.78, 5) is 12.6. The van der Waals surface area contributed by atoms with Gasteiger partial charge in [-0.3, -0.25) is 4.79 Å². The van der Waals surface area contributed by atoms with Gasteiger partial charge in [-0.15, -0.1) is 0 Å². The van der Waals surface area contributed by atoms with Crippen LogP contribution in [0.25, 0.3) is 12.2 Å². The van der Waals surface area contributed by atoms with Crippen molar-refractivity contribution in [2.75, 3.05) is 6.61 Å². The number of carbonyl (C=O) groups is 1. The van der Waals surface area contributed by atoms with Gasteiger partial charge in [-0.2, -0.15) is 0 Å². The van der Waals surface area contributed by atoms with E-state index in [4.69, 9.17) is 4.74 Å². The summed E-state index contributed by atoms with van der Waals surface area (Å²) in [6, 6.07) is 20.1. The lowest BCUT2D eigenvalue weighted by Crippen LogP contribution is -2.30. The molecule has 0 radical (unpaired) electrons. The molecule has 0 bridgehead atoms. The lowest BCUT2D eigenvalue weighted by Gasteiger charge is -2.27. The molecule has 2 rings (SSSR count). The number of esters is 1. The summed E-state index contributed by atoms with van der Waals surface area (Å²) in [5.74, 6) is -0.183. The van der Waals surface area contributed by atoms with Crippen molar-refractivity contribution in [2.45, 2.75) is 27.2 Å². The third-order valence-electron chi connectivity index (χ3n) is 4.42. The molecule has 0 amide bonds. The first-order chi connectivity index (χ1) is 12.1. The summed E-state index contributed by atoms with van der Waals surface area (Å²) >= 11 is 0. The van der Waals surface area contributed by atoms with Crippen LogP contribution in [0, 0.1) is 5.41 Å². The van der Waals surface area contributed by atoms with E-state index in [1.165, 1.54) is 0 Å². The van der Waals surface area contributed by atoms with Gasteiger partial charge in [0.15, 0.2) is 0 Å². The van der Waals surface area contributed by atoms with Crippen molar-refractivity contribution < 1.29 is 9.53 Å². The van der Waals surface area contributed by atoms with E-state index in [2.05, 4.69) is 12.2 Å². The monoisotopic (exact) mass is 334 g/mol. The summed E-state index contributed by atoms with van der Waals surface area (Å²) in [6.07, 6.45) is 6.75. The highest BCUT2D eigenvalue weighted by molar-refractivity contribution is 5.82. The van der Waals surface area contributed by atoms with Crippen LogP contribution >= 0.6 is 0 Å². The van der Waals surface area contributed by atoms with Crippen molar-refractivity contribution in [3.05, 3.63) is 83.4 Å². The van der Waals surface area contributed by atoms with Gasteiger partial charge in [-0.25, -0.2) is 0 Å². The highest BCUT2D eigenvalue weighted by atomic mass is 16.5. The Balaban J connectivity index is 2.25. The van der Waals surface area contributed by atoms with E-state index in [0.717, 1.165) is 16.7 Å². The van der Waals surface area contributed by atoms with Gasteiger partial charge in [0.05, 0.1) is 12.0 Å². The number of carbonyl (C=O) groups excluding carboxylic acids is 1. The van der Waals surface area contributed by atoms with Crippen LogP contribution in [0.5, 0.6) is 0 Å². The second-order valence-corrected chi connectivity index (χ2v) is 6.31. The molecule has 0 fully saturated rings. The van der Waals surface area contributed by atoms with Crippen LogP contribution < -0.4 is 0 Å². The summed E-state index contributed by atoms with van der Waals surface area (Å²) in [5.41, 5.74) is 2.52. The minimum atomic E-state index is -0.683. The maximum absolute atomic E-state index is 12.6. The maximum Gasteiger partial charge on any atom is 0.316 e. The van der Waals surface area contributed by atoms with Crippen molar-refractivity contribution in [3.63, 3.8) is 0 Å². The zero-order valence-electron chi connectivity index (χ0n) is 15.2. The van der Waals surface area contributed by atoms with Crippen molar-refractivity contribution in [2.24, 2.45) is 5.41 Å². The topological polar surface area (TPSA) is 26.3 Å². The fourth-order valence-electron chi connectivity index (χ4n) is 2.65. The molecule has 0 aliphatic heterocycles. The molecule has 2 nitrogen and oxygen atoms in total. The smallest absolute Gasteiger partial charge is 0.316 e. The lowest BCUT2D eigenvalue weighted by atomic mass is 9.78. The number of allylic oxidation sites excluding steroid dienone is 1. The van der Waals surface area contributed by atoms with Crippen LogP contribution in [-0.2, 0) is 9.53 Å². The second-order valence-electron chi connectivity index (χ2n) is 6.31. The van der Waals surface area contributed by atoms with Crippen LogP contribution in [0.4, 0.5) is 0 Å². The Hall–Kier alpha value is -2.61.